The highest BCUT2D eigenvalue weighted by Crippen LogP contribution is 2.13. The maximum Gasteiger partial charge on any atom is 0.253 e. The van der Waals surface area contributed by atoms with Gasteiger partial charge in [0.15, 0.2) is 0 Å². The van der Waals surface area contributed by atoms with Crippen molar-refractivity contribution in [2.75, 3.05) is 32.8 Å². The predicted molar refractivity (Wildman–Crippen MR) is 146 cm³/mol. The second-order valence-corrected chi connectivity index (χ2v) is 9.05. The molecule has 0 heterocycles. The number of terminal acetylenes is 1. The fourth-order valence-corrected chi connectivity index (χ4v) is 3.63. The molecule has 2 amide bonds. The van der Waals surface area contributed by atoms with Crippen LogP contribution in [0.2, 0.25) is 0 Å². The minimum absolute atomic E-state index is 0.0596. The van der Waals surface area contributed by atoms with Crippen LogP contribution >= 0.6 is 0 Å². The summed E-state index contributed by atoms with van der Waals surface area (Å²) in [6, 6.07) is 8.59. The van der Waals surface area contributed by atoms with Crippen molar-refractivity contribution in [1.82, 2.24) is 10.2 Å². The highest BCUT2D eigenvalue weighted by molar-refractivity contribution is 6.00. The van der Waals surface area contributed by atoms with E-state index in [2.05, 4.69) is 11.2 Å². The average molecular weight is 531 g/mol. The minimum Gasteiger partial charge on any atom is -0.391 e. The van der Waals surface area contributed by atoms with Crippen molar-refractivity contribution in [2.24, 2.45) is 0 Å². The van der Waals surface area contributed by atoms with Gasteiger partial charge in [0, 0.05) is 49.9 Å². The van der Waals surface area contributed by atoms with Gasteiger partial charge >= 0.3 is 0 Å². The van der Waals surface area contributed by atoms with Crippen molar-refractivity contribution in [3.8, 4) is 12.3 Å². The monoisotopic (exact) mass is 530 g/mol. The third-order valence-electron chi connectivity index (χ3n) is 5.35. The van der Waals surface area contributed by atoms with Crippen LogP contribution in [0.3, 0.4) is 0 Å². The van der Waals surface area contributed by atoms with Crippen LogP contribution in [0.15, 0.2) is 36.4 Å². The Labute approximate surface area is 225 Å². The summed E-state index contributed by atoms with van der Waals surface area (Å²) in [6.07, 6.45) is 7.15. The summed E-state index contributed by atoms with van der Waals surface area (Å²) in [6.45, 7) is 9.93. The maximum absolute atomic E-state index is 12.8. The highest BCUT2D eigenvalue weighted by atomic mass is 19.1. The molecule has 38 heavy (non-hydrogen) atoms. The van der Waals surface area contributed by atoms with Gasteiger partial charge in [-0.1, -0.05) is 13.8 Å². The number of aliphatic hydroxyl groups excluding tert-OH is 1. The molecule has 0 aliphatic heterocycles. The smallest absolute Gasteiger partial charge is 0.253 e. The SMILES string of the molecule is C#CCCOCCC(O)CNC(=O)c1cc(C)cc(C(=O)N(CCC)CCC)c1.Cc1cc(F)cc(F)c1. The Morgan fingerprint density at radius 1 is 0.974 bits per heavy atom. The van der Waals surface area contributed by atoms with Crippen LogP contribution in [0.5, 0.6) is 0 Å². The van der Waals surface area contributed by atoms with Crippen molar-refractivity contribution in [1.29, 1.82) is 0 Å². The van der Waals surface area contributed by atoms with Crippen molar-refractivity contribution >= 4 is 11.8 Å². The molecule has 0 radical (unpaired) electrons. The quantitative estimate of drug-likeness (QED) is 0.281. The highest BCUT2D eigenvalue weighted by Gasteiger charge is 2.17. The minimum atomic E-state index is -0.708. The maximum atomic E-state index is 12.8. The zero-order valence-corrected chi connectivity index (χ0v) is 22.9. The van der Waals surface area contributed by atoms with E-state index >= 15 is 0 Å². The number of aliphatic hydroxyl groups is 1. The number of hydrogen-bond donors (Lipinski definition) is 2. The molecule has 208 valence electrons. The molecule has 1 atom stereocenters. The molecule has 2 N–H and O–H groups in total. The van der Waals surface area contributed by atoms with E-state index in [9.17, 15) is 23.5 Å². The molecule has 2 aromatic rings. The molecular formula is C30H40F2N2O4. The molecule has 0 saturated heterocycles. The van der Waals surface area contributed by atoms with E-state index in [-0.39, 0.29) is 18.4 Å². The first-order valence-electron chi connectivity index (χ1n) is 12.9. The molecule has 0 aliphatic rings. The van der Waals surface area contributed by atoms with Gasteiger partial charge in [-0.2, -0.15) is 0 Å². The number of carbonyl (C=O) groups excluding carboxylic acids is 2. The molecule has 0 aliphatic carbocycles. The molecule has 8 heteroatoms. The van der Waals surface area contributed by atoms with Gasteiger partial charge in [0.1, 0.15) is 11.6 Å². The summed E-state index contributed by atoms with van der Waals surface area (Å²) in [7, 11) is 0. The Kier molecular flexibility index (Phi) is 15.6. The first-order chi connectivity index (χ1) is 18.1. The first-order valence-corrected chi connectivity index (χ1v) is 12.9. The summed E-state index contributed by atoms with van der Waals surface area (Å²) < 4.78 is 29.7. The molecule has 0 aromatic heterocycles. The molecule has 6 nitrogen and oxygen atoms in total. The second-order valence-electron chi connectivity index (χ2n) is 9.05. The first kappa shape index (κ1) is 32.7. The molecule has 0 fully saturated rings. The van der Waals surface area contributed by atoms with E-state index in [1.165, 1.54) is 12.1 Å². The molecule has 0 spiro atoms. The number of amides is 2. The Balaban J connectivity index is 0.000000671. The number of nitrogens with zero attached hydrogens (tertiary/aromatic N) is 1. The van der Waals surface area contributed by atoms with Gasteiger partial charge in [0.05, 0.1) is 12.7 Å². The van der Waals surface area contributed by atoms with Crippen molar-refractivity contribution in [2.45, 2.75) is 59.5 Å². The second kappa shape index (κ2) is 18.1. The topological polar surface area (TPSA) is 78.9 Å². The lowest BCUT2D eigenvalue weighted by molar-refractivity contribution is 0.0754. The van der Waals surface area contributed by atoms with Gasteiger partial charge in [0.25, 0.3) is 11.8 Å². The van der Waals surface area contributed by atoms with Crippen LogP contribution in [0.4, 0.5) is 8.78 Å². The molecule has 0 saturated carbocycles. The Morgan fingerprint density at radius 2 is 1.55 bits per heavy atom. The Hall–Kier alpha value is -3.28. The number of carbonyl (C=O) groups is 2. The van der Waals surface area contributed by atoms with Crippen LogP contribution < -0.4 is 5.32 Å². The third-order valence-corrected chi connectivity index (χ3v) is 5.35. The van der Waals surface area contributed by atoms with Crippen LogP contribution in [0, 0.1) is 37.8 Å². The number of halogens is 2. The van der Waals surface area contributed by atoms with Crippen LogP contribution in [-0.2, 0) is 4.74 Å². The van der Waals surface area contributed by atoms with Crippen LogP contribution in [-0.4, -0.2) is 60.8 Å². The fourth-order valence-electron chi connectivity index (χ4n) is 3.63. The van der Waals surface area contributed by atoms with Gasteiger partial charge in [0.2, 0.25) is 0 Å². The molecule has 2 rings (SSSR count). The lowest BCUT2D eigenvalue weighted by Gasteiger charge is -2.22. The summed E-state index contributed by atoms with van der Waals surface area (Å²) in [4.78, 5) is 27.2. The molecule has 0 bridgehead atoms. The van der Waals surface area contributed by atoms with Gasteiger partial charge < -0.3 is 20.1 Å². The number of rotatable bonds is 13. The lowest BCUT2D eigenvalue weighted by atomic mass is 10.0. The van der Waals surface area contributed by atoms with Crippen molar-refractivity contribution in [3.63, 3.8) is 0 Å². The van der Waals surface area contributed by atoms with E-state index in [0.29, 0.717) is 55.8 Å². The summed E-state index contributed by atoms with van der Waals surface area (Å²) in [5.41, 5.74) is 2.38. The van der Waals surface area contributed by atoms with Gasteiger partial charge in [-0.3, -0.25) is 9.59 Å². The summed E-state index contributed by atoms with van der Waals surface area (Å²) in [5.74, 6) is 1.07. The van der Waals surface area contributed by atoms with E-state index in [0.717, 1.165) is 24.5 Å². The predicted octanol–water partition coefficient (Wildman–Crippen LogP) is 5.05. The van der Waals surface area contributed by atoms with E-state index in [4.69, 9.17) is 11.2 Å². The van der Waals surface area contributed by atoms with Gasteiger partial charge in [-0.25, -0.2) is 8.78 Å². The normalized spacial score (nSPS) is 11.1. The Morgan fingerprint density at radius 3 is 2.11 bits per heavy atom. The van der Waals surface area contributed by atoms with E-state index in [1.807, 2.05) is 25.7 Å². The zero-order chi connectivity index (χ0) is 28.5. The lowest BCUT2D eigenvalue weighted by Crippen LogP contribution is -2.34. The molecule has 1 unspecified atom stereocenters. The average Bonchev–Trinajstić information content (AvgIpc) is 2.85. The van der Waals surface area contributed by atoms with Crippen molar-refractivity contribution < 1.29 is 28.2 Å². The fraction of sp³-hybridized carbons (Fsp3) is 0.467. The van der Waals surface area contributed by atoms with Crippen LogP contribution in [0.25, 0.3) is 0 Å². The van der Waals surface area contributed by atoms with Gasteiger partial charge in [-0.05, 0) is 74.6 Å². The molecule has 2 aromatic carbocycles. The largest absolute Gasteiger partial charge is 0.391 e. The number of aryl methyl sites for hydroxylation is 2. The van der Waals surface area contributed by atoms with E-state index in [1.54, 1.807) is 25.1 Å². The summed E-state index contributed by atoms with van der Waals surface area (Å²) >= 11 is 0. The van der Waals surface area contributed by atoms with Crippen LogP contribution in [0.1, 0.15) is 71.4 Å². The number of hydrogen-bond acceptors (Lipinski definition) is 4. The van der Waals surface area contributed by atoms with Gasteiger partial charge in [-0.15, -0.1) is 12.3 Å². The third kappa shape index (κ3) is 12.8. The number of benzene rings is 2. The Bertz CT molecular complexity index is 1010. The number of nitrogens with one attached hydrogen (secondary N) is 1. The molecular weight excluding hydrogens is 490 g/mol. The van der Waals surface area contributed by atoms with Crippen molar-refractivity contribution in [3.05, 3.63) is 70.3 Å². The standard InChI is InChI=1S/C23H34N2O4.C7H6F2/c1-5-8-12-29-13-9-21(26)17-24-22(27)19-14-18(4)15-20(16-19)23(28)25(10-6-2)11-7-3;1-5-2-6(8)4-7(9)3-5/h1,14-16,21,26H,6-13,17H2,2-4H3,(H,24,27);2-4H,1H3. The number of ether oxygens (including phenoxy) is 1. The zero-order valence-electron chi connectivity index (χ0n) is 22.9. The summed E-state index contributed by atoms with van der Waals surface area (Å²) in [5, 5.41) is 12.7. The van der Waals surface area contributed by atoms with E-state index < -0.39 is 17.7 Å².